The summed E-state index contributed by atoms with van der Waals surface area (Å²) in [5.74, 6) is -0.838. The Kier molecular flexibility index (Phi) is 7.30. The molecule has 0 saturated heterocycles. The van der Waals surface area contributed by atoms with Crippen molar-refractivity contribution in [1.82, 2.24) is 14.5 Å². The van der Waals surface area contributed by atoms with Crippen molar-refractivity contribution in [1.29, 1.82) is 0 Å². The number of benzene rings is 1. The van der Waals surface area contributed by atoms with E-state index in [9.17, 15) is 18.0 Å². The Morgan fingerprint density at radius 2 is 1.81 bits per heavy atom. The number of primary amides is 1. The van der Waals surface area contributed by atoms with Gasteiger partial charge in [-0.05, 0) is 24.3 Å². The molecule has 12 heteroatoms. The van der Waals surface area contributed by atoms with Gasteiger partial charge in [0.15, 0.2) is 4.34 Å². The Labute approximate surface area is 165 Å². The second-order valence-corrected chi connectivity index (χ2v) is 9.33. The topological polar surface area (TPSA) is 135 Å². The van der Waals surface area contributed by atoms with E-state index in [1.165, 1.54) is 28.6 Å². The second kappa shape index (κ2) is 9.26. The van der Waals surface area contributed by atoms with E-state index in [0.717, 1.165) is 23.1 Å². The lowest BCUT2D eigenvalue weighted by Crippen LogP contribution is -2.30. The van der Waals surface area contributed by atoms with Gasteiger partial charge in [-0.2, -0.15) is 4.31 Å². The number of hydrogen-bond donors (Lipinski definition) is 2. The molecule has 0 aliphatic rings. The number of anilines is 1. The van der Waals surface area contributed by atoms with Gasteiger partial charge in [-0.3, -0.25) is 14.9 Å². The minimum Gasteiger partial charge on any atom is -0.369 e. The molecule has 0 bridgehead atoms. The first-order chi connectivity index (χ1) is 12.8. The summed E-state index contributed by atoms with van der Waals surface area (Å²) in [4.78, 5) is 23.2. The summed E-state index contributed by atoms with van der Waals surface area (Å²) >= 11 is 2.25. The molecule has 0 aliphatic heterocycles. The lowest BCUT2D eigenvalue weighted by Gasteiger charge is -2.18. The molecule has 2 aromatic rings. The molecule has 0 atom stereocenters. The molecule has 2 rings (SSSR count). The SMILES string of the molecule is CCN(CC)S(=O)(=O)c1ccc(C(=O)Nc2nnc(SCC(N)=O)s2)cc1. The molecular formula is C15H19N5O4S3. The third-order valence-corrected chi connectivity index (χ3v) is 7.48. The summed E-state index contributed by atoms with van der Waals surface area (Å²) < 4.78 is 26.8. The molecule has 0 unspecified atom stereocenters. The Morgan fingerprint density at radius 3 is 2.37 bits per heavy atom. The number of amides is 2. The van der Waals surface area contributed by atoms with Crippen molar-refractivity contribution < 1.29 is 18.0 Å². The van der Waals surface area contributed by atoms with E-state index in [1.807, 2.05) is 0 Å². The van der Waals surface area contributed by atoms with Crippen LogP contribution in [-0.2, 0) is 14.8 Å². The standard InChI is InChI=1S/C15H19N5O4S3/c1-3-20(4-2)27(23,24)11-7-5-10(6-8-11)13(22)17-14-18-19-15(26-14)25-9-12(16)21/h5-8H,3-4,9H2,1-2H3,(H2,16,21)(H,17,18,22). The van der Waals surface area contributed by atoms with Crippen LogP contribution < -0.4 is 11.1 Å². The summed E-state index contributed by atoms with van der Waals surface area (Å²) in [7, 11) is -3.57. The number of carbonyl (C=O) groups excluding carboxylic acids is 2. The summed E-state index contributed by atoms with van der Waals surface area (Å²) in [6.45, 7) is 4.27. The van der Waals surface area contributed by atoms with Gasteiger partial charge in [-0.25, -0.2) is 8.42 Å². The fourth-order valence-electron chi connectivity index (χ4n) is 2.11. The fraction of sp³-hybridized carbons (Fsp3) is 0.333. The molecular weight excluding hydrogens is 410 g/mol. The van der Waals surface area contributed by atoms with E-state index in [-0.39, 0.29) is 21.3 Å². The number of aromatic nitrogens is 2. The maximum atomic E-state index is 12.5. The van der Waals surface area contributed by atoms with Gasteiger partial charge in [0.2, 0.25) is 21.1 Å². The Hall–Kier alpha value is -2.02. The Morgan fingerprint density at radius 1 is 1.19 bits per heavy atom. The van der Waals surface area contributed by atoms with Crippen molar-refractivity contribution in [2.75, 3.05) is 24.2 Å². The number of hydrogen-bond acceptors (Lipinski definition) is 8. The van der Waals surface area contributed by atoms with Gasteiger partial charge in [-0.1, -0.05) is 36.9 Å². The summed E-state index contributed by atoms with van der Waals surface area (Å²) in [5.41, 5.74) is 5.35. The number of thioether (sulfide) groups is 1. The quantitative estimate of drug-likeness (QED) is 0.454. The number of nitrogens with zero attached hydrogens (tertiary/aromatic N) is 3. The predicted octanol–water partition coefficient (Wildman–Crippen LogP) is 1.40. The first-order valence-corrected chi connectivity index (χ1v) is 11.2. The molecule has 1 heterocycles. The van der Waals surface area contributed by atoms with Gasteiger partial charge >= 0.3 is 0 Å². The Balaban J connectivity index is 2.07. The first kappa shape index (κ1) is 21.3. The number of sulfonamides is 1. The van der Waals surface area contributed by atoms with Crippen molar-refractivity contribution in [3.8, 4) is 0 Å². The highest BCUT2D eigenvalue weighted by Crippen LogP contribution is 2.25. The molecule has 1 aromatic heterocycles. The molecule has 3 N–H and O–H groups in total. The van der Waals surface area contributed by atoms with E-state index in [2.05, 4.69) is 15.5 Å². The minimum absolute atomic E-state index is 0.0745. The normalized spacial score (nSPS) is 11.5. The number of nitrogens with one attached hydrogen (secondary N) is 1. The molecule has 0 aliphatic carbocycles. The highest BCUT2D eigenvalue weighted by Gasteiger charge is 2.21. The van der Waals surface area contributed by atoms with Crippen molar-refractivity contribution in [2.45, 2.75) is 23.1 Å². The van der Waals surface area contributed by atoms with Crippen LogP contribution in [0.25, 0.3) is 0 Å². The zero-order valence-electron chi connectivity index (χ0n) is 14.7. The van der Waals surface area contributed by atoms with Gasteiger partial charge in [0.05, 0.1) is 10.6 Å². The van der Waals surface area contributed by atoms with Gasteiger partial charge in [0, 0.05) is 18.7 Å². The average Bonchev–Trinajstić information content (AvgIpc) is 3.08. The van der Waals surface area contributed by atoms with Gasteiger partial charge in [-0.15, -0.1) is 10.2 Å². The summed E-state index contributed by atoms with van der Waals surface area (Å²) in [5, 5.41) is 10.5. The highest BCUT2D eigenvalue weighted by molar-refractivity contribution is 8.01. The van der Waals surface area contributed by atoms with Crippen LogP contribution in [-0.4, -0.2) is 53.6 Å². The van der Waals surface area contributed by atoms with E-state index in [4.69, 9.17) is 5.73 Å². The summed E-state index contributed by atoms with van der Waals surface area (Å²) in [6, 6.07) is 5.68. The van der Waals surface area contributed by atoms with Crippen molar-refractivity contribution >= 4 is 50.1 Å². The maximum Gasteiger partial charge on any atom is 0.257 e. The van der Waals surface area contributed by atoms with Gasteiger partial charge in [0.1, 0.15) is 0 Å². The van der Waals surface area contributed by atoms with Crippen LogP contribution >= 0.6 is 23.1 Å². The van der Waals surface area contributed by atoms with E-state index in [1.54, 1.807) is 13.8 Å². The van der Waals surface area contributed by atoms with Crippen molar-refractivity contribution in [2.24, 2.45) is 5.73 Å². The predicted molar refractivity (Wildman–Crippen MR) is 104 cm³/mol. The lowest BCUT2D eigenvalue weighted by molar-refractivity contribution is -0.115. The summed E-state index contributed by atoms with van der Waals surface area (Å²) in [6.07, 6.45) is 0. The largest absolute Gasteiger partial charge is 0.369 e. The van der Waals surface area contributed by atoms with Crippen LogP contribution in [0.15, 0.2) is 33.5 Å². The Bertz CT molecular complexity index is 908. The third-order valence-electron chi connectivity index (χ3n) is 3.42. The minimum atomic E-state index is -3.57. The van der Waals surface area contributed by atoms with Crippen LogP contribution in [0, 0.1) is 0 Å². The monoisotopic (exact) mass is 429 g/mol. The van der Waals surface area contributed by atoms with Gasteiger partial charge < -0.3 is 5.73 Å². The number of rotatable bonds is 9. The van der Waals surface area contributed by atoms with E-state index < -0.39 is 21.8 Å². The smallest absolute Gasteiger partial charge is 0.257 e. The number of carbonyl (C=O) groups is 2. The van der Waals surface area contributed by atoms with Crippen LogP contribution in [0.3, 0.4) is 0 Å². The molecule has 0 radical (unpaired) electrons. The average molecular weight is 430 g/mol. The van der Waals surface area contributed by atoms with Crippen LogP contribution in [0.5, 0.6) is 0 Å². The zero-order chi connectivity index (χ0) is 20.0. The molecule has 0 spiro atoms. The number of nitrogens with two attached hydrogens (primary N) is 1. The molecule has 0 saturated carbocycles. The zero-order valence-corrected chi connectivity index (χ0v) is 17.2. The van der Waals surface area contributed by atoms with Crippen molar-refractivity contribution in [3.05, 3.63) is 29.8 Å². The molecule has 1 aromatic carbocycles. The van der Waals surface area contributed by atoms with Crippen LogP contribution in [0.1, 0.15) is 24.2 Å². The maximum absolute atomic E-state index is 12.5. The molecule has 9 nitrogen and oxygen atoms in total. The highest BCUT2D eigenvalue weighted by atomic mass is 32.2. The molecule has 146 valence electrons. The van der Waals surface area contributed by atoms with Crippen LogP contribution in [0.2, 0.25) is 0 Å². The molecule has 0 fully saturated rings. The van der Waals surface area contributed by atoms with E-state index >= 15 is 0 Å². The van der Waals surface area contributed by atoms with Crippen molar-refractivity contribution in [3.63, 3.8) is 0 Å². The lowest BCUT2D eigenvalue weighted by atomic mass is 10.2. The van der Waals surface area contributed by atoms with Crippen LogP contribution in [0.4, 0.5) is 5.13 Å². The molecule has 2 amide bonds. The molecule has 27 heavy (non-hydrogen) atoms. The van der Waals surface area contributed by atoms with Gasteiger partial charge in [0.25, 0.3) is 5.91 Å². The fourth-order valence-corrected chi connectivity index (χ4v) is 5.06. The first-order valence-electron chi connectivity index (χ1n) is 7.94. The third kappa shape index (κ3) is 5.48. The second-order valence-electron chi connectivity index (χ2n) is 5.20. The van der Waals surface area contributed by atoms with E-state index in [0.29, 0.717) is 17.4 Å².